The van der Waals surface area contributed by atoms with Gasteiger partial charge in [0.05, 0.1) is 0 Å². The Balaban J connectivity index is 0.000000207. The van der Waals surface area contributed by atoms with Gasteiger partial charge in [-0.1, -0.05) is 48.6 Å². The number of benzene rings is 2. The summed E-state index contributed by atoms with van der Waals surface area (Å²) in [5.74, 6) is 0. The lowest BCUT2D eigenvalue weighted by Gasteiger charge is -2.16. The molecule has 0 radical (unpaired) electrons. The lowest BCUT2D eigenvalue weighted by atomic mass is 9.89. The number of rotatable bonds is 0. The minimum atomic E-state index is 1.10. The Morgan fingerprint density at radius 2 is 1.54 bits per heavy atom. The van der Waals surface area contributed by atoms with Crippen LogP contribution in [0.25, 0.3) is 12.2 Å². The lowest BCUT2D eigenvalue weighted by molar-refractivity contribution is 0.767. The molecule has 0 fully saturated rings. The van der Waals surface area contributed by atoms with Crippen LogP contribution in [0.5, 0.6) is 0 Å². The molecule has 2 nitrogen and oxygen atoms in total. The molecule has 2 N–H and O–H groups in total. The van der Waals surface area contributed by atoms with Gasteiger partial charge in [0.2, 0.25) is 0 Å². The fourth-order valence-electron chi connectivity index (χ4n) is 3.66. The maximum atomic E-state index is 2.77. The SMILES string of the molecule is C1=CNNC=C1.C1=c2ccc3c(c2CCC1)CC=c1ccccc1=3. The van der Waals surface area contributed by atoms with Crippen molar-refractivity contribution < 1.29 is 0 Å². The molecule has 0 saturated carbocycles. The molecule has 0 atom stereocenters. The Labute approximate surface area is 142 Å². The average Bonchev–Trinajstić information content (AvgIpc) is 2.69. The van der Waals surface area contributed by atoms with Crippen molar-refractivity contribution in [3.05, 3.63) is 93.0 Å². The van der Waals surface area contributed by atoms with E-state index in [1.165, 1.54) is 40.1 Å². The molecule has 2 aliphatic carbocycles. The molecule has 0 saturated heterocycles. The second-order valence-corrected chi connectivity index (χ2v) is 6.26. The van der Waals surface area contributed by atoms with E-state index in [4.69, 9.17) is 0 Å². The molecule has 5 rings (SSSR count). The van der Waals surface area contributed by atoms with E-state index in [0.29, 0.717) is 0 Å². The summed E-state index contributed by atoms with van der Waals surface area (Å²) in [6.07, 6.45) is 17.2. The van der Waals surface area contributed by atoms with Crippen LogP contribution in [-0.4, -0.2) is 0 Å². The number of allylic oxidation sites excluding steroid dienone is 2. The molecule has 24 heavy (non-hydrogen) atoms. The van der Waals surface area contributed by atoms with Gasteiger partial charge in [0, 0.05) is 12.4 Å². The summed E-state index contributed by atoms with van der Waals surface area (Å²) < 4.78 is 0. The number of hydrazine groups is 1. The molecular formula is C22H22N2. The zero-order valence-electron chi connectivity index (χ0n) is 13.8. The number of hydrogen-bond acceptors (Lipinski definition) is 2. The Kier molecular flexibility index (Phi) is 4.20. The molecule has 1 heterocycles. The van der Waals surface area contributed by atoms with Crippen LogP contribution in [0.4, 0.5) is 0 Å². The first-order valence-electron chi connectivity index (χ1n) is 8.67. The van der Waals surface area contributed by atoms with Gasteiger partial charge in [0.1, 0.15) is 0 Å². The average molecular weight is 314 g/mol. The third-order valence-corrected chi connectivity index (χ3v) is 4.79. The maximum absolute atomic E-state index is 2.77. The summed E-state index contributed by atoms with van der Waals surface area (Å²) in [4.78, 5) is 0. The minimum absolute atomic E-state index is 1.10. The van der Waals surface area contributed by atoms with Crippen molar-refractivity contribution in [3.63, 3.8) is 0 Å². The smallest absolute Gasteiger partial charge is 0.0178 e. The van der Waals surface area contributed by atoms with Crippen LogP contribution in [0.2, 0.25) is 0 Å². The monoisotopic (exact) mass is 314 g/mol. The van der Waals surface area contributed by atoms with Crippen LogP contribution in [-0.2, 0) is 12.8 Å². The van der Waals surface area contributed by atoms with Crippen molar-refractivity contribution in [2.24, 2.45) is 0 Å². The van der Waals surface area contributed by atoms with E-state index in [1.807, 2.05) is 24.6 Å². The predicted octanol–water partition coefficient (Wildman–Crippen LogP) is 2.55. The highest BCUT2D eigenvalue weighted by atomic mass is 15.3. The van der Waals surface area contributed by atoms with E-state index >= 15 is 0 Å². The standard InChI is InChI=1S/C18H16.C4H6N2/c1-3-7-15-13(5-1)9-11-18-16-8-4-2-6-14(16)10-12-17(15)18;1-2-4-6-5-3-1/h1,3,5-7,9-10,12H,2,4,8,11H2;1-6H. The molecule has 2 heteroatoms. The van der Waals surface area contributed by atoms with Crippen LogP contribution in [0.3, 0.4) is 0 Å². The van der Waals surface area contributed by atoms with Gasteiger partial charge in [-0.05, 0) is 69.8 Å². The summed E-state index contributed by atoms with van der Waals surface area (Å²) >= 11 is 0. The van der Waals surface area contributed by atoms with Crippen molar-refractivity contribution >= 4 is 12.2 Å². The Bertz CT molecular complexity index is 1000. The van der Waals surface area contributed by atoms with Gasteiger partial charge in [-0.25, -0.2) is 0 Å². The van der Waals surface area contributed by atoms with Gasteiger partial charge in [-0.3, -0.25) is 0 Å². The van der Waals surface area contributed by atoms with Gasteiger partial charge < -0.3 is 10.9 Å². The molecule has 0 aromatic heterocycles. The summed E-state index contributed by atoms with van der Waals surface area (Å²) in [7, 11) is 0. The molecule has 0 unspecified atom stereocenters. The fraction of sp³-hybridized carbons (Fsp3) is 0.182. The zero-order chi connectivity index (χ0) is 16.2. The van der Waals surface area contributed by atoms with Crippen molar-refractivity contribution in [3.8, 4) is 0 Å². The molecule has 2 aromatic carbocycles. The van der Waals surface area contributed by atoms with Gasteiger partial charge >= 0.3 is 0 Å². The topological polar surface area (TPSA) is 24.1 Å². The normalized spacial score (nSPS) is 15.8. The second-order valence-electron chi connectivity index (χ2n) is 6.26. The number of hydrogen-bond donors (Lipinski definition) is 2. The summed E-state index contributed by atoms with van der Waals surface area (Å²) in [5.41, 5.74) is 8.71. The third-order valence-electron chi connectivity index (χ3n) is 4.79. The molecule has 120 valence electrons. The fourth-order valence-corrected chi connectivity index (χ4v) is 3.66. The van der Waals surface area contributed by atoms with Crippen LogP contribution in [0, 0.1) is 10.4 Å². The highest BCUT2D eigenvalue weighted by molar-refractivity contribution is 5.47. The van der Waals surface area contributed by atoms with E-state index in [2.05, 4.69) is 59.4 Å². The van der Waals surface area contributed by atoms with E-state index in [1.54, 1.807) is 11.1 Å². The van der Waals surface area contributed by atoms with Gasteiger partial charge in [0.25, 0.3) is 0 Å². The second kappa shape index (κ2) is 6.79. The van der Waals surface area contributed by atoms with Crippen molar-refractivity contribution in [1.29, 1.82) is 0 Å². The van der Waals surface area contributed by atoms with Crippen molar-refractivity contribution in [2.75, 3.05) is 0 Å². The highest BCUT2D eigenvalue weighted by Crippen LogP contribution is 2.17. The summed E-state index contributed by atoms with van der Waals surface area (Å²) in [5, 5.41) is 5.74. The molecule has 0 spiro atoms. The summed E-state index contributed by atoms with van der Waals surface area (Å²) in [6, 6.07) is 13.4. The van der Waals surface area contributed by atoms with Gasteiger partial charge in [-0.15, -0.1) is 0 Å². The van der Waals surface area contributed by atoms with E-state index in [0.717, 1.165) is 6.42 Å². The number of nitrogens with one attached hydrogen (secondary N) is 2. The largest absolute Gasteiger partial charge is 0.309 e. The molecule has 0 amide bonds. The van der Waals surface area contributed by atoms with Crippen LogP contribution in [0.1, 0.15) is 24.0 Å². The van der Waals surface area contributed by atoms with E-state index in [9.17, 15) is 0 Å². The third kappa shape index (κ3) is 2.88. The van der Waals surface area contributed by atoms with Crippen LogP contribution >= 0.6 is 0 Å². The van der Waals surface area contributed by atoms with Gasteiger partial charge in [0.15, 0.2) is 0 Å². The van der Waals surface area contributed by atoms with Crippen molar-refractivity contribution in [1.82, 2.24) is 10.9 Å². The quantitative estimate of drug-likeness (QED) is 0.781. The first-order valence-corrected chi connectivity index (χ1v) is 8.67. The molecule has 3 aliphatic rings. The molecule has 0 bridgehead atoms. The molecule has 1 aliphatic heterocycles. The first-order chi connectivity index (χ1) is 11.9. The molecule has 2 aromatic rings. The van der Waals surface area contributed by atoms with Crippen LogP contribution in [0.15, 0.2) is 61.0 Å². The Hall–Kier alpha value is -2.74. The lowest BCUT2D eigenvalue weighted by Crippen LogP contribution is -2.21. The Morgan fingerprint density at radius 3 is 2.33 bits per heavy atom. The van der Waals surface area contributed by atoms with Crippen molar-refractivity contribution in [2.45, 2.75) is 25.7 Å². The van der Waals surface area contributed by atoms with Crippen LogP contribution < -0.4 is 21.3 Å². The van der Waals surface area contributed by atoms with E-state index < -0.39 is 0 Å². The maximum Gasteiger partial charge on any atom is 0.0178 e. The molecular weight excluding hydrogens is 292 g/mol. The highest BCUT2D eigenvalue weighted by Gasteiger charge is 2.10. The van der Waals surface area contributed by atoms with Gasteiger partial charge in [-0.2, -0.15) is 0 Å². The number of fused-ring (bicyclic) bond motifs is 4. The summed E-state index contributed by atoms with van der Waals surface area (Å²) in [6.45, 7) is 0. The predicted molar refractivity (Wildman–Crippen MR) is 99.9 cm³/mol. The van der Waals surface area contributed by atoms with E-state index in [-0.39, 0.29) is 0 Å². The minimum Gasteiger partial charge on any atom is -0.309 e. The zero-order valence-corrected chi connectivity index (χ0v) is 13.8. The Morgan fingerprint density at radius 1 is 0.708 bits per heavy atom. The first kappa shape index (κ1) is 14.8.